The van der Waals surface area contributed by atoms with Gasteiger partial charge < -0.3 is 5.73 Å². The van der Waals surface area contributed by atoms with E-state index in [9.17, 15) is 0 Å². The Balaban J connectivity index is 2.64. The molecule has 0 aliphatic heterocycles. The smallest absolute Gasteiger partial charge is 0.174 e. The van der Waals surface area contributed by atoms with Crippen molar-refractivity contribution in [3.63, 3.8) is 0 Å². The summed E-state index contributed by atoms with van der Waals surface area (Å²) in [6, 6.07) is 7.67. The number of nitrogens with one attached hydrogen (secondary N) is 1. The fourth-order valence-electron chi connectivity index (χ4n) is 1.28. The largest absolute Gasteiger partial charge is 0.380 e. The van der Waals surface area contributed by atoms with Crippen LogP contribution in [0.1, 0.15) is 5.69 Å². The van der Waals surface area contributed by atoms with Crippen molar-refractivity contribution in [3.8, 4) is 0 Å². The predicted molar refractivity (Wildman–Crippen MR) is 56.4 cm³/mol. The second kappa shape index (κ2) is 3.29. The quantitative estimate of drug-likeness (QED) is 0.416. The Labute approximate surface area is 80.3 Å². The van der Waals surface area contributed by atoms with Crippen LogP contribution in [0.3, 0.4) is 0 Å². The molecule has 1 aromatic heterocycles. The van der Waals surface area contributed by atoms with E-state index in [4.69, 9.17) is 5.73 Å². The van der Waals surface area contributed by atoms with Gasteiger partial charge in [0.1, 0.15) is 5.69 Å². The molecular weight excluding hydrogens is 178 g/mol. The molecule has 0 amide bonds. The van der Waals surface area contributed by atoms with E-state index in [0.717, 1.165) is 10.9 Å². The highest BCUT2D eigenvalue weighted by atomic mass is 15.2. The lowest BCUT2D eigenvalue weighted by molar-refractivity contribution is 1.09. The third kappa shape index (κ3) is 1.24. The third-order valence-electron chi connectivity index (χ3n) is 1.89. The van der Waals surface area contributed by atoms with Gasteiger partial charge in [-0.1, -0.05) is 18.2 Å². The van der Waals surface area contributed by atoms with Crippen molar-refractivity contribution >= 4 is 23.5 Å². The van der Waals surface area contributed by atoms with Crippen LogP contribution in [0.25, 0.3) is 10.9 Å². The SMILES string of the molecule is C=N/N=C(\N)c1n[nH]c2ccccc12. The van der Waals surface area contributed by atoms with E-state index in [-0.39, 0.29) is 5.84 Å². The molecule has 5 nitrogen and oxygen atoms in total. The number of H-pyrrole nitrogens is 1. The molecule has 0 saturated carbocycles. The zero-order valence-electron chi connectivity index (χ0n) is 7.44. The highest BCUT2D eigenvalue weighted by Crippen LogP contribution is 2.14. The Morgan fingerprint density at radius 1 is 1.43 bits per heavy atom. The molecule has 5 heteroatoms. The molecule has 0 bridgehead atoms. The molecular formula is C9H9N5. The Morgan fingerprint density at radius 3 is 3.00 bits per heavy atom. The number of hydrogen-bond acceptors (Lipinski definition) is 3. The van der Waals surface area contributed by atoms with Crippen LogP contribution in [0.4, 0.5) is 0 Å². The molecule has 0 unspecified atom stereocenters. The van der Waals surface area contributed by atoms with Crippen LogP contribution >= 0.6 is 0 Å². The summed E-state index contributed by atoms with van der Waals surface area (Å²) < 4.78 is 0. The summed E-state index contributed by atoms with van der Waals surface area (Å²) in [5, 5.41) is 14.8. The van der Waals surface area contributed by atoms with E-state index in [1.807, 2.05) is 24.3 Å². The molecule has 0 fully saturated rings. The lowest BCUT2D eigenvalue weighted by atomic mass is 10.2. The molecule has 0 saturated heterocycles. The van der Waals surface area contributed by atoms with Crippen molar-refractivity contribution in [2.75, 3.05) is 0 Å². The minimum Gasteiger partial charge on any atom is -0.380 e. The summed E-state index contributed by atoms with van der Waals surface area (Å²) in [5.74, 6) is 0.262. The van der Waals surface area contributed by atoms with Crippen LogP contribution in [0.15, 0.2) is 34.5 Å². The van der Waals surface area contributed by atoms with Crippen LogP contribution in [0.5, 0.6) is 0 Å². The average molecular weight is 187 g/mol. The first-order chi connectivity index (χ1) is 6.83. The van der Waals surface area contributed by atoms with Crippen molar-refractivity contribution in [2.24, 2.45) is 15.9 Å². The zero-order valence-corrected chi connectivity index (χ0v) is 7.44. The number of aromatic nitrogens is 2. The molecule has 1 heterocycles. The number of para-hydroxylation sites is 1. The lowest BCUT2D eigenvalue weighted by Gasteiger charge is -1.92. The van der Waals surface area contributed by atoms with Gasteiger partial charge in [-0.25, -0.2) is 0 Å². The van der Waals surface area contributed by atoms with Gasteiger partial charge in [0.2, 0.25) is 0 Å². The topological polar surface area (TPSA) is 79.4 Å². The summed E-state index contributed by atoms with van der Waals surface area (Å²) >= 11 is 0. The fourth-order valence-corrected chi connectivity index (χ4v) is 1.28. The molecule has 3 N–H and O–H groups in total. The lowest BCUT2D eigenvalue weighted by Crippen LogP contribution is -2.13. The number of rotatable bonds is 2. The minimum absolute atomic E-state index is 0.262. The predicted octanol–water partition coefficient (Wildman–Crippen LogP) is 0.884. The first kappa shape index (κ1) is 8.43. The van der Waals surface area contributed by atoms with Gasteiger partial charge in [0.25, 0.3) is 0 Å². The van der Waals surface area contributed by atoms with Crippen molar-refractivity contribution in [1.82, 2.24) is 10.2 Å². The second-order valence-electron chi connectivity index (χ2n) is 2.74. The summed E-state index contributed by atoms with van der Waals surface area (Å²) in [6.07, 6.45) is 0. The third-order valence-corrected chi connectivity index (χ3v) is 1.89. The minimum atomic E-state index is 0.262. The Kier molecular flexibility index (Phi) is 1.98. The highest BCUT2D eigenvalue weighted by molar-refractivity contribution is 6.06. The van der Waals surface area contributed by atoms with Crippen molar-refractivity contribution in [3.05, 3.63) is 30.0 Å². The van der Waals surface area contributed by atoms with E-state index in [1.165, 1.54) is 0 Å². The van der Waals surface area contributed by atoms with Crippen LogP contribution in [0, 0.1) is 0 Å². The summed E-state index contributed by atoms with van der Waals surface area (Å²) in [4.78, 5) is 0. The molecule has 70 valence electrons. The number of hydrogen-bond donors (Lipinski definition) is 2. The van der Waals surface area contributed by atoms with Gasteiger partial charge in [0.05, 0.1) is 5.52 Å². The summed E-state index contributed by atoms with van der Waals surface area (Å²) in [6.45, 7) is 3.24. The van der Waals surface area contributed by atoms with E-state index in [2.05, 4.69) is 27.1 Å². The number of fused-ring (bicyclic) bond motifs is 1. The van der Waals surface area contributed by atoms with Crippen LogP contribution < -0.4 is 5.73 Å². The van der Waals surface area contributed by atoms with E-state index >= 15 is 0 Å². The molecule has 0 atom stereocenters. The van der Waals surface area contributed by atoms with Gasteiger partial charge in [0.15, 0.2) is 5.84 Å². The summed E-state index contributed by atoms with van der Waals surface area (Å²) in [5.41, 5.74) is 7.18. The molecule has 2 aromatic rings. The molecule has 2 rings (SSSR count). The number of aromatic amines is 1. The van der Waals surface area contributed by atoms with Crippen molar-refractivity contribution < 1.29 is 0 Å². The molecule has 0 spiro atoms. The molecule has 0 aliphatic carbocycles. The van der Waals surface area contributed by atoms with Gasteiger partial charge in [-0.15, -0.1) is 5.10 Å². The fraction of sp³-hybridized carbons (Fsp3) is 0. The number of nitrogens with zero attached hydrogens (tertiary/aromatic N) is 3. The maximum absolute atomic E-state index is 5.65. The first-order valence-electron chi connectivity index (χ1n) is 4.05. The molecule has 0 aliphatic rings. The van der Waals surface area contributed by atoms with Crippen LogP contribution in [-0.4, -0.2) is 22.8 Å². The van der Waals surface area contributed by atoms with Gasteiger partial charge in [-0.05, 0) is 6.07 Å². The van der Waals surface area contributed by atoms with Gasteiger partial charge >= 0.3 is 0 Å². The molecule has 0 radical (unpaired) electrons. The Hall–Kier alpha value is -2.17. The van der Waals surface area contributed by atoms with Crippen LogP contribution in [0.2, 0.25) is 0 Å². The number of benzene rings is 1. The highest BCUT2D eigenvalue weighted by Gasteiger charge is 2.07. The second-order valence-corrected chi connectivity index (χ2v) is 2.74. The van der Waals surface area contributed by atoms with E-state index in [1.54, 1.807) is 0 Å². The zero-order chi connectivity index (χ0) is 9.97. The van der Waals surface area contributed by atoms with Crippen molar-refractivity contribution in [2.45, 2.75) is 0 Å². The molecule has 14 heavy (non-hydrogen) atoms. The Bertz CT molecular complexity index is 497. The maximum Gasteiger partial charge on any atom is 0.174 e. The Morgan fingerprint density at radius 2 is 2.21 bits per heavy atom. The van der Waals surface area contributed by atoms with Crippen LogP contribution in [-0.2, 0) is 0 Å². The average Bonchev–Trinajstić information content (AvgIpc) is 2.61. The van der Waals surface area contributed by atoms with Crippen molar-refractivity contribution in [1.29, 1.82) is 0 Å². The van der Waals surface area contributed by atoms with Gasteiger partial charge in [-0.2, -0.15) is 10.2 Å². The molecule has 1 aromatic carbocycles. The number of nitrogens with two attached hydrogens (primary N) is 1. The van der Waals surface area contributed by atoms with E-state index in [0.29, 0.717) is 5.69 Å². The normalized spacial score (nSPS) is 11.9. The van der Waals surface area contributed by atoms with Gasteiger partial charge in [0, 0.05) is 12.1 Å². The summed E-state index contributed by atoms with van der Waals surface area (Å²) in [7, 11) is 0. The van der Waals surface area contributed by atoms with E-state index < -0.39 is 0 Å². The standard InChI is InChI=1S/C9H9N5/c1-11-14-9(10)8-6-4-2-3-5-7(6)12-13-8/h2-5H,1H2,(H2,10,14)(H,12,13). The number of amidine groups is 1. The first-order valence-corrected chi connectivity index (χ1v) is 4.05. The monoisotopic (exact) mass is 187 g/mol. The maximum atomic E-state index is 5.65. The van der Waals surface area contributed by atoms with Gasteiger partial charge in [-0.3, -0.25) is 5.10 Å².